The van der Waals surface area contributed by atoms with Crippen LogP contribution >= 0.6 is 0 Å². The predicted molar refractivity (Wildman–Crippen MR) is 107 cm³/mol. The van der Waals surface area contributed by atoms with E-state index < -0.39 is 5.82 Å². The molecule has 1 unspecified atom stereocenters. The first-order chi connectivity index (χ1) is 12.4. The highest BCUT2D eigenvalue weighted by Crippen LogP contribution is 2.33. The Morgan fingerprint density at radius 2 is 2.12 bits per heavy atom. The van der Waals surface area contributed by atoms with E-state index in [4.69, 9.17) is 10.9 Å². The molecule has 26 heavy (non-hydrogen) atoms. The number of hydrogen-bond acceptors (Lipinski definition) is 3. The number of nitrogens with zero attached hydrogens (tertiary/aromatic N) is 1. The number of aliphatic imine (C=N–C) groups is 1. The number of amidine groups is 1. The number of halogens is 1. The van der Waals surface area contributed by atoms with E-state index in [1.165, 1.54) is 6.07 Å². The molecule has 0 saturated carbocycles. The molecule has 1 rings (SSSR count). The van der Waals surface area contributed by atoms with Crippen molar-refractivity contribution in [2.24, 2.45) is 16.6 Å². The molecule has 0 aliphatic carbocycles. The fraction of sp³-hybridized carbons (Fsp3) is 0.381. The Morgan fingerprint density at radius 3 is 2.65 bits per heavy atom. The molecule has 1 atom stereocenters. The number of rotatable bonds is 6. The topological polar surface area (TPSA) is 70.6 Å². The smallest absolute Gasteiger partial charge is 0.156 e. The van der Waals surface area contributed by atoms with E-state index in [9.17, 15) is 4.39 Å². The highest BCUT2D eigenvalue weighted by Gasteiger charge is 2.21. The van der Waals surface area contributed by atoms with E-state index in [1.54, 1.807) is 18.2 Å². The van der Waals surface area contributed by atoms with E-state index >= 15 is 0 Å². The summed E-state index contributed by atoms with van der Waals surface area (Å²) >= 11 is 0. The third-order valence-electron chi connectivity index (χ3n) is 4.40. The quantitative estimate of drug-likeness (QED) is 0.217. The summed E-state index contributed by atoms with van der Waals surface area (Å²) in [4.78, 5) is 4.17. The van der Waals surface area contributed by atoms with Crippen LogP contribution in [0.25, 0.3) is 5.57 Å². The first-order valence-electron chi connectivity index (χ1n) is 8.80. The summed E-state index contributed by atoms with van der Waals surface area (Å²) in [6.45, 7) is 9.91. The fourth-order valence-corrected chi connectivity index (χ4v) is 2.60. The van der Waals surface area contributed by atoms with Crippen LogP contribution in [0.1, 0.15) is 53.0 Å². The SMILES string of the molecule is C/C=C(\C(C(N)=NC#CCC)=C(\C)C(C)CC)c1cccc(NO)c1F. The van der Waals surface area contributed by atoms with Crippen LogP contribution in [0.4, 0.5) is 10.1 Å². The van der Waals surface area contributed by atoms with Crippen molar-refractivity contribution in [3.05, 3.63) is 46.8 Å². The lowest BCUT2D eigenvalue weighted by Gasteiger charge is -2.20. The Labute approximate surface area is 155 Å². The molecule has 1 aromatic carbocycles. The molecule has 0 fully saturated rings. The van der Waals surface area contributed by atoms with Gasteiger partial charge in [-0.3, -0.25) is 10.7 Å². The Kier molecular flexibility index (Phi) is 8.60. The standard InChI is InChI=1S/C21H28FN3O/c1-6-9-13-24-21(23)19(15(5)14(4)7-2)16(8-3)17-11-10-12-18(25-26)20(17)22/h8,10-12,14,25-26H,6-7H2,1-5H3,(H2,23,24)/b16-8-,19-15+. The van der Waals surface area contributed by atoms with Gasteiger partial charge >= 0.3 is 0 Å². The molecular formula is C21H28FN3O. The summed E-state index contributed by atoms with van der Waals surface area (Å²) in [6, 6.07) is 7.48. The molecular weight excluding hydrogens is 329 g/mol. The van der Waals surface area contributed by atoms with Crippen LogP contribution in [-0.2, 0) is 0 Å². The van der Waals surface area contributed by atoms with Crippen molar-refractivity contribution in [1.29, 1.82) is 0 Å². The van der Waals surface area contributed by atoms with E-state index in [-0.39, 0.29) is 17.4 Å². The highest BCUT2D eigenvalue weighted by molar-refractivity contribution is 6.12. The summed E-state index contributed by atoms with van der Waals surface area (Å²) in [5.41, 5.74) is 10.8. The molecule has 1 aromatic rings. The second-order valence-electron chi connectivity index (χ2n) is 5.99. The van der Waals surface area contributed by atoms with Gasteiger partial charge < -0.3 is 5.73 Å². The molecule has 0 aliphatic rings. The summed E-state index contributed by atoms with van der Waals surface area (Å²) in [5.74, 6) is 2.82. The predicted octanol–water partition coefficient (Wildman–Crippen LogP) is 5.12. The van der Waals surface area contributed by atoms with Gasteiger partial charge in [0.2, 0.25) is 0 Å². The van der Waals surface area contributed by atoms with Gasteiger partial charge in [-0.25, -0.2) is 4.39 Å². The zero-order valence-corrected chi connectivity index (χ0v) is 16.2. The van der Waals surface area contributed by atoms with E-state index in [2.05, 4.69) is 30.8 Å². The van der Waals surface area contributed by atoms with Crippen LogP contribution in [0, 0.1) is 23.7 Å². The number of nitrogens with two attached hydrogens (primary N) is 1. The lowest BCUT2D eigenvalue weighted by Crippen LogP contribution is -2.19. The largest absolute Gasteiger partial charge is 0.383 e. The minimum Gasteiger partial charge on any atom is -0.383 e. The molecule has 0 heterocycles. The van der Waals surface area contributed by atoms with Crippen molar-refractivity contribution < 1.29 is 9.60 Å². The van der Waals surface area contributed by atoms with Crippen molar-refractivity contribution in [3.8, 4) is 12.0 Å². The number of nitrogens with one attached hydrogen (secondary N) is 1. The molecule has 0 amide bonds. The molecule has 4 N–H and O–H groups in total. The van der Waals surface area contributed by atoms with E-state index in [1.807, 2.05) is 26.3 Å². The van der Waals surface area contributed by atoms with Gasteiger partial charge in [0.1, 0.15) is 5.84 Å². The summed E-state index contributed by atoms with van der Waals surface area (Å²) in [5, 5.41) is 9.14. The van der Waals surface area contributed by atoms with Crippen molar-refractivity contribution >= 4 is 17.1 Å². The Bertz CT molecular complexity index is 782. The van der Waals surface area contributed by atoms with Gasteiger partial charge in [0.25, 0.3) is 0 Å². The lowest BCUT2D eigenvalue weighted by atomic mass is 9.87. The van der Waals surface area contributed by atoms with Gasteiger partial charge in [0.05, 0.1) is 5.69 Å². The lowest BCUT2D eigenvalue weighted by molar-refractivity contribution is 0.384. The van der Waals surface area contributed by atoms with Gasteiger partial charge in [0.15, 0.2) is 5.82 Å². The second-order valence-corrected chi connectivity index (χ2v) is 5.99. The van der Waals surface area contributed by atoms with Gasteiger partial charge in [-0.2, -0.15) is 4.99 Å². The molecule has 0 aliphatic heterocycles. The minimum atomic E-state index is -0.551. The normalized spacial score (nSPS) is 14.3. The number of benzene rings is 1. The summed E-state index contributed by atoms with van der Waals surface area (Å²) in [6.07, 6.45) is 3.40. The molecule has 0 spiro atoms. The Hall–Kier alpha value is -2.58. The van der Waals surface area contributed by atoms with Gasteiger partial charge in [-0.05, 0) is 37.8 Å². The maximum atomic E-state index is 14.8. The molecule has 0 bridgehead atoms. The Morgan fingerprint density at radius 1 is 1.42 bits per heavy atom. The van der Waals surface area contributed by atoms with Crippen LogP contribution in [0.15, 0.2) is 40.4 Å². The van der Waals surface area contributed by atoms with Crippen LogP contribution in [-0.4, -0.2) is 11.0 Å². The average molecular weight is 357 g/mol. The molecule has 0 aromatic heterocycles. The van der Waals surface area contributed by atoms with Crippen molar-refractivity contribution in [1.82, 2.24) is 0 Å². The summed E-state index contributed by atoms with van der Waals surface area (Å²) < 4.78 is 14.8. The zero-order valence-electron chi connectivity index (χ0n) is 16.2. The maximum Gasteiger partial charge on any atom is 0.156 e. The first-order valence-corrected chi connectivity index (χ1v) is 8.80. The van der Waals surface area contributed by atoms with E-state index in [0.29, 0.717) is 23.1 Å². The number of hydrogen-bond donors (Lipinski definition) is 3. The van der Waals surface area contributed by atoms with Gasteiger partial charge in [-0.1, -0.05) is 50.5 Å². The third kappa shape index (κ3) is 4.96. The Balaban J connectivity index is 3.67. The molecule has 5 heteroatoms. The fourth-order valence-electron chi connectivity index (χ4n) is 2.60. The van der Waals surface area contributed by atoms with Gasteiger partial charge in [-0.15, -0.1) is 0 Å². The monoisotopic (exact) mass is 357 g/mol. The van der Waals surface area contributed by atoms with E-state index in [0.717, 1.165) is 12.0 Å². The van der Waals surface area contributed by atoms with Crippen molar-refractivity contribution in [2.75, 3.05) is 5.48 Å². The van der Waals surface area contributed by atoms with Crippen LogP contribution in [0.2, 0.25) is 0 Å². The van der Waals surface area contributed by atoms with Crippen LogP contribution in [0.5, 0.6) is 0 Å². The highest BCUT2D eigenvalue weighted by atomic mass is 19.1. The zero-order chi connectivity index (χ0) is 19.7. The summed E-state index contributed by atoms with van der Waals surface area (Å²) in [7, 11) is 0. The number of anilines is 1. The maximum absolute atomic E-state index is 14.8. The number of allylic oxidation sites excluding steroid dienone is 2. The first kappa shape index (κ1) is 21.5. The molecule has 140 valence electrons. The van der Waals surface area contributed by atoms with Crippen molar-refractivity contribution in [2.45, 2.75) is 47.5 Å². The molecule has 0 radical (unpaired) electrons. The second kappa shape index (κ2) is 10.4. The van der Waals surface area contributed by atoms with Crippen LogP contribution < -0.4 is 11.2 Å². The minimum absolute atomic E-state index is 0.00341. The van der Waals surface area contributed by atoms with Gasteiger partial charge in [0, 0.05) is 23.6 Å². The van der Waals surface area contributed by atoms with Crippen LogP contribution in [0.3, 0.4) is 0 Å². The van der Waals surface area contributed by atoms with Crippen molar-refractivity contribution in [3.63, 3.8) is 0 Å². The average Bonchev–Trinajstić information content (AvgIpc) is 2.65. The molecule has 0 saturated heterocycles. The molecule has 4 nitrogen and oxygen atoms in total. The third-order valence-corrected chi connectivity index (χ3v) is 4.40.